The van der Waals surface area contributed by atoms with Crippen LogP contribution >= 0.6 is 27.3 Å². The second-order valence-electron chi connectivity index (χ2n) is 5.58. The molecule has 4 heteroatoms. The van der Waals surface area contributed by atoms with Crippen molar-refractivity contribution in [3.05, 3.63) is 20.8 Å². The molecule has 19 heavy (non-hydrogen) atoms. The third-order valence-corrected chi connectivity index (χ3v) is 5.64. The van der Waals surface area contributed by atoms with Crippen molar-refractivity contribution in [2.45, 2.75) is 45.7 Å². The zero-order valence-electron chi connectivity index (χ0n) is 12.0. The van der Waals surface area contributed by atoms with Crippen molar-refractivity contribution < 1.29 is 0 Å². The molecule has 1 aromatic heterocycles. The van der Waals surface area contributed by atoms with Crippen molar-refractivity contribution in [1.82, 2.24) is 10.2 Å². The van der Waals surface area contributed by atoms with Gasteiger partial charge in [0.25, 0.3) is 0 Å². The van der Waals surface area contributed by atoms with Crippen molar-refractivity contribution in [3.63, 3.8) is 0 Å². The van der Waals surface area contributed by atoms with Crippen LogP contribution in [0.2, 0.25) is 0 Å². The monoisotopic (exact) mass is 344 g/mol. The zero-order valence-corrected chi connectivity index (χ0v) is 14.4. The summed E-state index contributed by atoms with van der Waals surface area (Å²) in [6.07, 6.45) is 4.02. The fourth-order valence-corrected chi connectivity index (χ4v) is 4.33. The number of piperidine rings is 1. The molecule has 0 spiro atoms. The molecule has 2 nitrogen and oxygen atoms in total. The fraction of sp³-hybridized carbons (Fsp3) is 0.733. The van der Waals surface area contributed by atoms with Crippen LogP contribution in [0.15, 0.2) is 15.9 Å². The van der Waals surface area contributed by atoms with Crippen molar-refractivity contribution in [2.24, 2.45) is 5.92 Å². The summed E-state index contributed by atoms with van der Waals surface area (Å²) >= 11 is 5.35. The number of hydrogen-bond donors (Lipinski definition) is 1. The summed E-state index contributed by atoms with van der Waals surface area (Å²) in [6.45, 7) is 9.47. The fourth-order valence-electron chi connectivity index (χ4n) is 2.89. The molecule has 1 fully saturated rings. The van der Waals surface area contributed by atoms with E-state index in [1.807, 2.05) is 11.3 Å². The van der Waals surface area contributed by atoms with Gasteiger partial charge in [-0.25, -0.2) is 0 Å². The lowest BCUT2D eigenvalue weighted by atomic mass is 9.91. The van der Waals surface area contributed by atoms with E-state index in [9.17, 15) is 0 Å². The average Bonchev–Trinajstić information content (AvgIpc) is 2.82. The quantitative estimate of drug-likeness (QED) is 0.835. The van der Waals surface area contributed by atoms with Gasteiger partial charge < -0.3 is 10.2 Å². The maximum absolute atomic E-state index is 3.71. The second-order valence-corrected chi connectivity index (χ2v) is 8.13. The molecule has 2 atom stereocenters. The topological polar surface area (TPSA) is 15.3 Å². The van der Waals surface area contributed by atoms with Gasteiger partial charge in [-0.05, 0) is 73.3 Å². The van der Waals surface area contributed by atoms with Gasteiger partial charge in [0.05, 0.1) is 3.79 Å². The highest BCUT2D eigenvalue weighted by molar-refractivity contribution is 9.11. The van der Waals surface area contributed by atoms with E-state index in [-0.39, 0.29) is 0 Å². The lowest BCUT2D eigenvalue weighted by molar-refractivity contribution is 0.151. The molecule has 1 aliphatic rings. The lowest BCUT2D eigenvalue weighted by Gasteiger charge is -2.36. The summed E-state index contributed by atoms with van der Waals surface area (Å²) in [5, 5.41) is 3.71. The number of nitrogens with one attached hydrogen (secondary N) is 1. The molecule has 1 aromatic rings. The molecule has 0 bridgehead atoms. The summed E-state index contributed by atoms with van der Waals surface area (Å²) < 4.78 is 1.23. The molecule has 1 saturated heterocycles. The van der Waals surface area contributed by atoms with E-state index in [4.69, 9.17) is 0 Å². The summed E-state index contributed by atoms with van der Waals surface area (Å²) in [4.78, 5) is 4.05. The predicted molar refractivity (Wildman–Crippen MR) is 87.8 cm³/mol. The van der Waals surface area contributed by atoms with Gasteiger partial charge in [-0.2, -0.15) is 0 Å². The van der Waals surface area contributed by atoms with Gasteiger partial charge in [0.2, 0.25) is 0 Å². The van der Waals surface area contributed by atoms with Crippen LogP contribution in [0.4, 0.5) is 0 Å². The van der Waals surface area contributed by atoms with Crippen LogP contribution in [0.25, 0.3) is 0 Å². The Hall–Kier alpha value is 0.1000. The maximum Gasteiger partial charge on any atom is 0.0701 e. The smallest absolute Gasteiger partial charge is 0.0701 e. The molecular formula is C15H25BrN2S. The molecule has 2 heterocycles. The van der Waals surface area contributed by atoms with Gasteiger partial charge >= 0.3 is 0 Å². The van der Waals surface area contributed by atoms with E-state index < -0.39 is 0 Å². The summed E-state index contributed by atoms with van der Waals surface area (Å²) in [5.74, 6) is 0.809. The van der Waals surface area contributed by atoms with E-state index >= 15 is 0 Å². The molecule has 108 valence electrons. The van der Waals surface area contributed by atoms with Gasteiger partial charge in [-0.15, -0.1) is 11.3 Å². The minimum Gasteiger partial charge on any atom is -0.309 e. The predicted octanol–water partition coefficient (Wildman–Crippen LogP) is 4.11. The molecule has 0 aromatic carbocycles. The second kappa shape index (κ2) is 7.77. The first kappa shape index (κ1) is 15.5. The minimum atomic E-state index is 0.612. The van der Waals surface area contributed by atoms with Crippen molar-refractivity contribution in [2.75, 3.05) is 19.6 Å². The molecule has 1 aliphatic heterocycles. The SMILES string of the molecule is CCCN1CCCC(C(C)NCc2ccc(Br)s2)C1. The Bertz CT molecular complexity index is 378. The minimum absolute atomic E-state index is 0.612. The third-order valence-electron chi connectivity index (χ3n) is 4.02. The first-order valence-electron chi connectivity index (χ1n) is 7.39. The van der Waals surface area contributed by atoms with Gasteiger partial charge in [0.1, 0.15) is 0 Å². The Labute approximate surface area is 129 Å². The van der Waals surface area contributed by atoms with Crippen LogP contribution in [0.1, 0.15) is 38.0 Å². The molecule has 0 amide bonds. The number of thiophene rings is 1. The van der Waals surface area contributed by atoms with Crippen molar-refractivity contribution in [1.29, 1.82) is 0 Å². The van der Waals surface area contributed by atoms with E-state index in [0.29, 0.717) is 6.04 Å². The Morgan fingerprint density at radius 3 is 3.05 bits per heavy atom. The highest BCUT2D eigenvalue weighted by Gasteiger charge is 2.23. The van der Waals surface area contributed by atoms with E-state index in [2.05, 4.69) is 52.1 Å². The van der Waals surface area contributed by atoms with Crippen LogP contribution < -0.4 is 5.32 Å². The van der Waals surface area contributed by atoms with Crippen LogP contribution in [-0.4, -0.2) is 30.6 Å². The molecule has 0 aliphatic carbocycles. The summed E-state index contributed by atoms with van der Waals surface area (Å²) in [7, 11) is 0. The third kappa shape index (κ3) is 4.85. The summed E-state index contributed by atoms with van der Waals surface area (Å²) in [5.41, 5.74) is 0. The number of rotatable bonds is 6. The van der Waals surface area contributed by atoms with E-state index in [1.165, 1.54) is 47.6 Å². The average molecular weight is 345 g/mol. The number of hydrogen-bond acceptors (Lipinski definition) is 3. The molecular weight excluding hydrogens is 320 g/mol. The molecule has 1 N–H and O–H groups in total. The lowest BCUT2D eigenvalue weighted by Crippen LogP contribution is -2.44. The zero-order chi connectivity index (χ0) is 13.7. The molecule has 2 rings (SSSR count). The highest BCUT2D eigenvalue weighted by atomic mass is 79.9. The van der Waals surface area contributed by atoms with Crippen LogP contribution in [0.5, 0.6) is 0 Å². The summed E-state index contributed by atoms with van der Waals surface area (Å²) in [6, 6.07) is 4.95. The van der Waals surface area contributed by atoms with E-state index in [0.717, 1.165) is 12.5 Å². The van der Waals surface area contributed by atoms with Gasteiger partial charge in [-0.1, -0.05) is 6.92 Å². The van der Waals surface area contributed by atoms with Crippen LogP contribution in [0.3, 0.4) is 0 Å². The Morgan fingerprint density at radius 1 is 1.53 bits per heavy atom. The Kier molecular flexibility index (Phi) is 6.33. The number of nitrogens with zero attached hydrogens (tertiary/aromatic N) is 1. The molecule has 0 saturated carbocycles. The van der Waals surface area contributed by atoms with Crippen molar-refractivity contribution >= 4 is 27.3 Å². The van der Waals surface area contributed by atoms with Gasteiger partial charge in [-0.3, -0.25) is 0 Å². The first-order valence-corrected chi connectivity index (χ1v) is 9.00. The van der Waals surface area contributed by atoms with Crippen LogP contribution in [0, 0.1) is 5.92 Å². The van der Waals surface area contributed by atoms with Gasteiger partial charge in [0.15, 0.2) is 0 Å². The highest BCUT2D eigenvalue weighted by Crippen LogP contribution is 2.23. The Morgan fingerprint density at radius 2 is 2.37 bits per heavy atom. The molecule has 2 unspecified atom stereocenters. The van der Waals surface area contributed by atoms with Crippen molar-refractivity contribution in [3.8, 4) is 0 Å². The number of likely N-dealkylation sites (tertiary alicyclic amines) is 1. The maximum atomic E-state index is 3.71. The standard InChI is InChI=1S/C15H25BrN2S/c1-3-8-18-9-4-5-13(11-18)12(2)17-10-14-6-7-15(16)19-14/h6-7,12-13,17H,3-5,8-11H2,1-2H3. The van der Waals surface area contributed by atoms with Crippen LogP contribution in [-0.2, 0) is 6.54 Å². The largest absolute Gasteiger partial charge is 0.309 e. The Balaban J connectivity index is 1.77. The first-order chi connectivity index (χ1) is 9.19. The normalized spacial score (nSPS) is 22.6. The molecule has 0 radical (unpaired) electrons. The number of halogens is 1. The van der Waals surface area contributed by atoms with E-state index in [1.54, 1.807) is 0 Å². The van der Waals surface area contributed by atoms with Gasteiger partial charge in [0, 0.05) is 24.0 Å².